The summed E-state index contributed by atoms with van der Waals surface area (Å²) in [4.78, 5) is 27.0. The Bertz CT molecular complexity index is 832. The molecular weight excluding hydrogens is 338 g/mol. The van der Waals surface area contributed by atoms with Gasteiger partial charge in [0.1, 0.15) is 17.1 Å². The molecule has 5 nitrogen and oxygen atoms in total. The molecule has 0 spiro atoms. The van der Waals surface area contributed by atoms with Gasteiger partial charge in [0.15, 0.2) is 0 Å². The van der Waals surface area contributed by atoms with Crippen LogP contribution in [0.15, 0.2) is 70.2 Å². The first-order valence-electron chi connectivity index (χ1n) is 7.71. The van der Waals surface area contributed by atoms with Crippen molar-refractivity contribution in [2.24, 2.45) is 0 Å². The smallest absolute Gasteiger partial charge is 0.313 e. The van der Waals surface area contributed by atoms with E-state index in [-0.39, 0.29) is 23.0 Å². The molecule has 0 saturated heterocycles. The molecule has 0 radical (unpaired) electrons. The summed E-state index contributed by atoms with van der Waals surface area (Å²) in [6.45, 7) is 0.381. The van der Waals surface area contributed by atoms with Gasteiger partial charge in [-0.15, -0.1) is 0 Å². The average molecular weight is 355 g/mol. The van der Waals surface area contributed by atoms with E-state index >= 15 is 0 Å². The van der Waals surface area contributed by atoms with Crippen molar-refractivity contribution in [3.63, 3.8) is 0 Å². The number of carbonyl (C=O) groups is 2. The molecular formula is C19H17NO4S. The first-order chi connectivity index (χ1) is 12.1. The van der Waals surface area contributed by atoms with Crippen molar-refractivity contribution < 1.29 is 19.4 Å². The second-order valence-corrected chi connectivity index (χ2v) is 6.53. The predicted octanol–water partition coefficient (Wildman–Crippen LogP) is 3.66. The molecule has 3 rings (SSSR count). The number of para-hydroxylation sites is 1. The minimum atomic E-state index is -0.591. The van der Waals surface area contributed by atoms with Gasteiger partial charge in [-0.25, -0.2) is 0 Å². The molecule has 0 unspecified atom stereocenters. The Balaban J connectivity index is 1.99. The van der Waals surface area contributed by atoms with Crippen LogP contribution in [0.5, 0.6) is 0 Å². The SMILES string of the molecule is COC(=O)C/C(O)=C1\Sc2ccccc2N(Cc2ccccc2)C1=O. The second-order valence-electron chi connectivity index (χ2n) is 5.48. The highest BCUT2D eigenvalue weighted by molar-refractivity contribution is 8.04. The number of ether oxygens (including phenoxy) is 1. The Morgan fingerprint density at radius 1 is 1.12 bits per heavy atom. The Hall–Kier alpha value is -2.73. The number of methoxy groups -OCH3 is 1. The highest BCUT2D eigenvalue weighted by Crippen LogP contribution is 2.43. The minimum absolute atomic E-state index is 0.153. The van der Waals surface area contributed by atoms with E-state index in [0.717, 1.165) is 16.1 Å². The molecule has 2 aromatic rings. The lowest BCUT2D eigenvalue weighted by Gasteiger charge is -2.30. The van der Waals surface area contributed by atoms with Crippen molar-refractivity contribution in [2.45, 2.75) is 17.9 Å². The molecule has 128 valence electrons. The third-order valence-electron chi connectivity index (χ3n) is 3.79. The fourth-order valence-electron chi connectivity index (χ4n) is 2.55. The van der Waals surface area contributed by atoms with Crippen molar-refractivity contribution in [3.8, 4) is 0 Å². The Labute approximate surface area is 149 Å². The van der Waals surface area contributed by atoms with Gasteiger partial charge in [0, 0.05) is 4.90 Å². The first kappa shape index (κ1) is 17.1. The second kappa shape index (κ2) is 7.44. The van der Waals surface area contributed by atoms with Gasteiger partial charge in [0.2, 0.25) is 0 Å². The van der Waals surface area contributed by atoms with Crippen LogP contribution in [-0.2, 0) is 20.9 Å². The molecule has 0 aliphatic carbocycles. The molecule has 0 atom stereocenters. The summed E-state index contributed by atoms with van der Waals surface area (Å²) in [6, 6.07) is 17.1. The predicted molar refractivity (Wildman–Crippen MR) is 96.2 cm³/mol. The number of hydrogen-bond donors (Lipinski definition) is 1. The summed E-state index contributed by atoms with van der Waals surface area (Å²) in [5.74, 6) is -1.18. The third-order valence-corrected chi connectivity index (χ3v) is 4.97. The number of hydrogen-bond acceptors (Lipinski definition) is 5. The van der Waals surface area contributed by atoms with Gasteiger partial charge in [-0.2, -0.15) is 0 Å². The fourth-order valence-corrected chi connectivity index (χ4v) is 3.58. The van der Waals surface area contributed by atoms with Crippen LogP contribution in [-0.4, -0.2) is 24.1 Å². The van der Waals surface area contributed by atoms with Crippen LogP contribution >= 0.6 is 11.8 Å². The van der Waals surface area contributed by atoms with Crippen molar-refractivity contribution >= 4 is 29.3 Å². The van der Waals surface area contributed by atoms with Crippen molar-refractivity contribution in [2.75, 3.05) is 12.0 Å². The van der Waals surface area contributed by atoms with E-state index in [1.54, 1.807) is 4.90 Å². The lowest BCUT2D eigenvalue weighted by molar-refractivity contribution is -0.140. The van der Waals surface area contributed by atoms with Gasteiger partial charge in [-0.1, -0.05) is 54.2 Å². The lowest BCUT2D eigenvalue weighted by Crippen LogP contribution is -2.34. The van der Waals surface area contributed by atoms with Gasteiger partial charge < -0.3 is 14.7 Å². The van der Waals surface area contributed by atoms with E-state index in [0.29, 0.717) is 6.54 Å². The number of anilines is 1. The van der Waals surface area contributed by atoms with Crippen LogP contribution in [0.4, 0.5) is 5.69 Å². The molecule has 1 heterocycles. The molecule has 2 aromatic carbocycles. The Kier molecular flexibility index (Phi) is 5.09. The maximum absolute atomic E-state index is 12.9. The van der Waals surface area contributed by atoms with Gasteiger partial charge >= 0.3 is 5.97 Å². The quantitative estimate of drug-likeness (QED) is 0.515. The summed E-state index contributed by atoms with van der Waals surface area (Å²) in [6.07, 6.45) is -0.327. The third kappa shape index (κ3) is 3.69. The molecule has 0 fully saturated rings. The zero-order valence-electron chi connectivity index (χ0n) is 13.6. The lowest BCUT2D eigenvalue weighted by atomic mass is 10.1. The molecule has 1 N–H and O–H groups in total. The molecule has 1 amide bonds. The number of nitrogens with zero attached hydrogens (tertiary/aromatic N) is 1. The van der Waals surface area contributed by atoms with E-state index in [9.17, 15) is 14.7 Å². The number of thioether (sulfide) groups is 1. The zero-order chi connectivity index (χ0) is 17.8. The number of carbonyl (C=O) groups excluding carboxylic acids is 2. The van der Waals surface area contributed by atoms with Crippen molar-refractivity contribution in [1.29, 1.82) is 0 Å². The van der Waals surface area contributed by atoms with Crippen LogP contribution in [0.1, 0.15) is 12.0 Å². The van der Waals surface area contributed by atoms with E-state index in [1.165, 1.54) is 18.9 Å². The largest absolute Gasteiger partial charge is 0.510 e. The normalized spacial score (nSPS) is 15.6. The Morgan fingerprint density at radius 3 is 2.52 bits per heavy atom. The summed E-state index contributed by atoms with van der Waals surface area (Å²) in [5, 5.41) is 10.3. The van der Waals surface area contributed by atoms with E-state index in [4.69, 9.17) is 0 Å². The van der Waals surface area contributed by atoms with Crippen LogP contribution < -0.4 is 4.90 Å². The number of benzene rings is 2. The van der Waals surface area contributed by atoms with Crippen molar-refractivity contribution in [1.82, 2.24) is 0 Å². The van der Waals surface area contributed by atoms with Gasteiger partial charge in [0.25, 0.3) is 5.91 Å². The molecule has 25 heavy (non-hydrogen) atoms. The topological polar surface area (TPSA) is 66.8 Å². The number of aliphatic hydroxyl groups excluding tert-OH is 1. The number of aliphatic hydroxyl groups is 1. The molecule has 0 bridgehead atoms. The van der Waals surface area contributed by atoms with E-state index in [1.807, 2.05) is 54.6 Å². The van der Waals surface area contributed by atoms with Gasteiger partial charge in [0.05, 0.1) is 19.3 Å². The summed E-state index contributed by atoms with van der Waals surface area (Å²) in [7, 11) is 1.24. The van der Waals surface area contributed by atoms with Gasteiger partial charge in [-0.05, 0) is 17.7 Å². The van der Waals surface area contributed by atoms with Crippen LogP contribution in [0.2, 0.25) is 0 Å². The molecule has 0 aromatic heterocycles. The summed E-state index contributed by atoms with van der Waals surface area (Å²) in [5.41, 5.74) is 1.76. The van der Waals surface area contributed by atoms with E-state index in [2.05, 4.69) is 4.74 Å². The van der Waals surface area contributed by atoms with Crippen LogP contribution in [0.25, 0.3) is 0 Å². The number of rotatable bonds is 4. The monoisotopic (exact) mass is 355 g/mol. The standard InChI is InChI=1S/C19H17NO4S/c1-24-17(22)11-15(21)18-19(23)20(12-13-7-3-2-4-8-13)14-9-5-6-10-16(14)25-18/h2-10,21H,11-12H2,1H3/b18-15+. The van der Waals surface area contributed by atoms with Crippen LogP contribution in [0.3, 0.4) is 0 Å². The summed E-state index contributed by atoms with van der Waals surface area (Å²) < 4.78 is 4.57. The van der Waals surface area contributed by atoms with Crippen LogP contribution in [0, 0.1) is 0 Å². The highest BCUT2D eigenvalue weighted by atomic mass is 32.2. The number of esters is 1. The Morgan fingerprint density at radius 2 is 1.80 bits per heavy atom. The molecule has 1 aliphatic heterocycles. The van der Waals surface area contributed by atoms with E-state index < -0.39 is 5.97 Å². The zero-order valence-corrected chi connectivity index (χ0v) is 14.5. The number of fused-ring (bicyclic) bond motifs is 1. The number of amides is 1. The average Bonchev–Trinajstić information content (AvgIpc) is 2.64. The maximum atomic E-state index is 12.9. The van der Waals surface area contributed by atoms with Gasteiger partial charge in [-0.3, -0.25) is 9.59 Å². The molecule has 0 saturated carbocycles. The van der Waals surface area contributed by atoms with Crippen molar-refractivity contribution in [3.05, 3.63) is 70.8 Å². The maximum Gasteiger partial charge on any atom is 0.313 e. The fraction of sp³-hybridized carbons (Fsp3) is 0.158. The summed E-state index contributed by atoms with van der Waals surface area (Å²) >= 11 is 1.17. The highest BCUT2D eigenvalue weighted by Gasteiger charge is 2.32. The molecule has 6 heteroatoms. The first-order valence-corrected chi connectivity index (χ1v) is 8.53. The molecule has 1 aliphatic rings. The minimum Gasteiger partial charge on any atom is -0.510 e.